The molecule has 3 N–H and O–H groups in total. The second-order valence-electron chi connectivity index (χ2n) is 6.58. The van der Waals surface area contributed by atoms with E-state index < -0.39 is 5.92 Å². The van der Waals surface area contributed by atoms with Crippen molar-refractivity contribution in [2.24, 2.45) is 5.73 Å². The van der Waals surface area contributed by atoms with E-state index in [2.05, 4.69) is 16.3 Å². The summed E-state index contributed by atoms with van der Waals surface area (Å²) in [5.41, 5.74) is 8.59. The lowest BCUT2D eigenvalue weighted by molar-refractivity contribution is 0.180. The van der Waals surface area contributed by atoms with Gasteiger partial charge in [0.1, 0.15) is 11.6 Å². The van der Waals surface area contributed by atoms with Crippen LogP contribution in [0.4, 0.5) is 0 Å². The average molecular weight is 384 g/mol. The van der Waals surface area contributed by atoms with Crippen LogP contribution in [0.2, 0.25) is 0 Å². The van der Waals surface area contributed by atoms with Gasteiger partial charge in [-0.2, -0.15) is 5.26 Å². The van der Waals surface area contributed by atoms with E-state index in [9.17, 15) is 5.26 Å². The lowest BCUT2D eigenvalue weighted by Crippen LogP contribution is -2.21. The van der Waals surface area contributed by atoms with E-state index in [4.69, 9.17) is 24.7 Å². The number of aromatic amines is 1. The van der Waals surface area contributed by atoms with Crippen LogP contribution in [0.1, 0.15) is 43.5 Å². The van der Waals surface area contributed by atoms with Gasteiger partial charge >= 0.3 is 0 Å². The molecule has 8 nitrogen and oxygen atoms in total. The fourth-order valence-electron chi connectivity index (χ4n) is 3.22. The zero-order valence-electron chi connectivity index (χ0n) is 16.4. The largest absolute Gasteiger partial charge is 0.490 e. The van der Waals surface area contributed by atoms with Gasteiger partial charge in [0.15, 0.2) is 11.5 Å². The highest BCUT2D eigenvalue weighted by Gasteiger charge is 2.35. The number of benzene rings is 1. The molecule has 0 saturated carbocycles. The molecule has 2 heterocycles. The molecule has 0 amide bonds. The first kappa shape index (κ1) is 19.6. The Morgan fingerprint density at radius 2 is 2.14 bits per heavy atom. The Morgan fingerprint density at radius 1 is 1.36 bits per heavy atom. The van der Waals surface area contributed by atoms with Gasteiger partial charge < -0.3 is 24.7 Å². The van der Waals surface area contributed by atoms with Crippen molar-refractivity contribution in [1.82, 2.24) is 10.2 Å². The quantitative estimate of drug-likeness (QED) is 0.754. The van der Waals surface area contributed by atoms with Gasteiger partial charge in [-0.15, -0.1) is 5.10 Å². The highest BCUT2D eigenvalue weighted by Crippen LogP contribution is 2.44. The smallest absolute Gasteiger partial charge is 0.244 e. The molecule has 2 aromatic rings. The second-order valence-corrected chi connectivity index (χ2v) is 6.58. The molecule has 0 bridgehead atoms. The zero-order chi connectivity index (χ0) is 20.3. The van der Waals surface area contributed by atoms with E-state index in [-0.39, 0.29) is 12.0 Å². The maximum Gasteiger partial charge on any atom is 0.244 e. The number of nitriles is 1. The number of H-pyrrole nitrogens is 1. The molecule has 3 rings (SSSR count). The van der Waals surface area contributed by atoms with Crippen LogP contribution in [-0.4, -0.2) is 30.0 Å². The Morgan fingerprint density at radius 3 is 2.79 bits per heavy atom. The van der Waals surface area contributed by atoms with E-state index in [1.807, 2.05) is 39.0 Å². The molecule has 1 atom stereocenters. The summed E-state index contributed by atoms with van der Waals surface area (Å²) in [5, 5.41) is 16.8. The Bertz CT molecular complexity index is 927. The number of hydrogen-bond acceptors (Lipinski definition) is 7. The fraction of sp³-hybridized carbons (Fsp3) is 0.400. The number of allylic oxidation sites excluding steroid dienone is 1. The number of nitrogens with two attached hydrogens (primary N) is 1. The lowest BCUT2D eigenvalue weighted by Gasteiger charge is -2.25. The minimum Gasteiger partial charge on any atom is -0.490 e. The van der Waals surface area contributed by atoms with Crippen LogP contribution in [-0.2, 0) is 11.3 Å². The molecular weight excluding hydrogens is 360 g/mol. The predicted molar refractivity (Wildman–Crippen MR) is 102 cm³/mol. The fourth-order valence-corrected chi connectivity index (χ4v) is 3.22. The van der Waals surface area contributed by atoms with Crippen LogP contribution in [0, 0.1) is 11.3 Å². The molecule has 1 unspecified atom stereocenters. The van der Waals surface area contributed by atoms with Crippen LogP contribution in [0.15, 0.2) is 29.7 Å². The van der Waals surface area contributed by atoms with Crippen molar-refractivity contribution in [3.63, 3.8) is 0 Å². The molecule has 0 aliphatic carbocycles. The van der Waals surface area contributed by atoms with Crippen LogP contribution >= 0.6 is 0 Å². The normalized spacial score (nSPS) is 15.8. The highest BCUT2D eigenvalue weighted by atomic mass is 16.5. The van der Waals surface area contributed by atoms with Crippen molar-refractivity contribution in [2.75, 3.05) is 13.7 Å². The third kappa shape index (κ3) is 3.62. The van der Waals surface area contributed by atoms with Crippen LogP contribution in [0.25, 0.3) is 0 Å². The van der Waals surface area contributed by atoms with Crippen LogP contribution < -0.4 is 19.9 Å². The molecule has 148 valence electrons. The summed E-state index contributed by atoms with van der Waals surface area (Å²) in [7, 11) is 1.59. The van der Waals surface area contributed by atoms with Crippen LogP contribution in [0.5, 0.6) is 17.4 Å². The molecule has 0 saturated heterocycles. The Kier molecular flexibility index (Phi) is 5.76. The van der Waals surface area contributed by atoms with Crippen molar-refractivity contribution in [2.45, 2.75) is 39.4 Å². The Hall–Kier alpha value is -3.18. The molecule has 1 aliphatic rings. The molecular formula is C20H24N4O4. The summed E-state index contributed by atoms with van der Waals surface area (Å²) < 4.78 is 22.4. The summed E-state index contributed by atoms with van der Waals surface area (Å²) in [6.07, 6.45) is 0.00660. The van der Waals surface area contributed by atoms with Gasteiger partial charge in [0.2, 0.25) is 11.8 Å². The number of methoxy groups -OCH3 is 1. The SMILES string of the molecule is CCOc1cc(C2C(C#N)=C(N)Oc3n[nH]c(COC)c32)ccc1OC(C)C. The Balaban J connectivity index is 2.14. The molecule has 8 heteroatoms. The summed E-state index contributed by atoms with van der Waals surface area (Å²) in [6, 6.07) is 7.79. The standard InChI is InChI=1S/C20H24N4O4/c1-5-26-16-8-12(6-7-15(16)27-11(2)3)17-13(9-21)19(22)28-20-18(17)14(10-25-4)23-24-20/h6-8,11,17H,5,10,22H2,1-4H3,(H,23,24). The minimum absolute atomic E-state index is 0.00660. The Labute approximate surface area is 163 Å². The van der Waals surface area contributed by atoms with E-state index in [0.29, 0.717) is 36.2 Å². The third-order valence-electron chi connectivity index (χ3n) is 4.27. The van der Waals surface area contributed by atoms with Crippen molar-refractivity contribution in [3.8, 4) is 23.4 Å². The third-order valence-corrected chi connectivity index (χ3v) is 4.27. The number of rotatable bonds is 7. The van der Waals surface area contributed by atoms with E-state index in [1.54, 1.807) is 7.11 Å². The molecule has 0 radical (unpaired) electrons. The number of fused-ring (bicyclic) bond motifs is 1. The topological polar surface area (TPSA) is 115 Å². The number of nitrogens with one attached hydrogen (secondary N) is 1. The van der Waals surface area contributed by atoms with Gasteiger partial charge in [-0.05, 0) is 38.5 Å². The van der Waals surface area contributed by atoms with Gasteiger partial charge in [0.05, 0.1) is 36.5 Å². The first-order valence-corrected chi connectivity index (χ1v) is 9.07. The monoisotopic (exact) mass is 384 g/mol. The zero-order valence-corrected chi connectivity index (χ0v) is 16.4. The van der Waals surface area contributed by atoms with Crippen molar-refractivity contribution < 1.29 is 18.9 Å². The summed E-state index contributed by atoms with van der Waals surface area (Å²) in [5.74, 6) is 1.18. The van der Waals surface area contributed by atoms with Gasteiger partial charge in [-0.3, -0.25) is 5.10 Å². The maximum atomic E-state index is 9.74. The molecule has 0 fully saturated rings. The maximum absolute atomic E-state index is 9.74. The van der Waals surface area contributed by atoms with E-state index in [0.717, 1.165) is 16.8 Å². The number of hydrogen-bond donors (Lipinski definition) is 2. The molecule has 28 heavy (non-hydrogen) atoms. The molecule has 1 aromatic carbocycles. The van der Waals surface area contributed by atoms with Crippen molar-refractivity contribution in [1.29, 1.82) is 5.26 Å². The first-order chi connectivity index (χ1) is 13.5. The predicted octanol–water partition coefficient (Wildman–Crippen LogP) is 2.96. The lowest BCUT2D eigenvalue weighted by atomic mass is 9.84. The number of ether oxygens (including phenoxy) is 4. The summed E-state index contributed by atoms with van der Waals surface area (Å²) in [6.45, 7) is 6.60. The highest BCUT2D eigenvalue weighted by molar-refractivity contribution is 5.57. The van der Waals surface area contributed by atoms with E-state index in [1.165, 1.54) is 0 Å². The van der Waals surface area contributed by atoms with Crippen molar-refractivity contribution >= 4 is 0 Å². The first-order valence-electron chi connectivity index (χ1n) is 9.07. The molecule has 1 aliphatic heterocycles. The van der Waals surface area contributed by atoms with E-state index >= 15 is 0 Å². The second kappa shape index (κ2) is 8.23. The van der Waals surface area contributed by atoms with Crippen LogP contribution in [0.3, 0.4) is 0 Å². The van der Waals surface area contributed by atoms with Gasteiger partial charge in [0.25, 0.3) is 0 Å². The van der Waals surface area contributed by atoms with Gasteiger partial charge in [-0.1, -0.05) is 6.07 Å². The average Bonchev–Trinajstić information content (AvgIpc) is 3.04. The minimum atomic E-state index is -0.454. The summed E-state index contributed by atoms with van der Waals surface area (Å²) >= 11 is 0. The van der Waals surface area contributed by atoms with Crippen molar-refractivity contribution in [3.05, 3.63) is 46.5 Å². The summed E-state index contributed by atoms with van der Waals surface area (Å²) in [4.78, 5) is 0. The van der Waals surface area contributed by atoms with Gasteiger partial charge in [0, 0.05) is 7.11 Å². The number of nitrogens with zero attached hydrogens (tertiary/aromatic N) is 2. The number of aromatic nitrogens is 2. The molecule has 0 spiro atoms. The van der Waals surface area contributed by atoms with Gasteiger partial charge in [-0.25, -0.2) is 0 Å². The molecule has 1 aromatic heterocycles.